The molecule has 0 saturated heterocycles. The van der Waals surface area contributed by atoms with Crippen LogP contribution < -0.4 is 15.4 Å². The third-order valence-electron chi connectivity index (χ3n) is 4.79. The fourth-order valence-corrected chi connectivity index (χ4v) is 3.65. The number of rotatable bonds is 1. The predicted octanol–water partition coefficient (Wildman–Crippen LogP) is 3.18. The van der Waals surface area contributed by atoms with Gasteiger partial charge in [-0.2, -0.15) is 5.26 Å². The number of halogens is 2. The minimum absolute atomic E-state index is 0.0207. The summed E-state index contributed by atoms with van der Waals surface area (Å²) in [5, 5.41) is 9.53. The summed E-state index contributed by atoms with van der Waals surface area (Å²) in [5.41, 5.74) is 9.21. The van der Waals surface area contributed by atoms with Gasteiger partial charge in [0.25, 0.3) is 0 Å². The molecule has 0 radical (unpaired) electrons. The molecule has 2 aliphatic rings. The van der Waals surface area contributed by atoms with E-state index >= 15 is 0 Å². The summed E-state index contributed by atoms with van der Waals surface area (Å²) in [6, 6.07) is 9.09. The van der Waals surface area contributed by atoms with Crippen molar-refractivity contribution in [3.8, 4) is 11.8 Å². The van der Waals surface area contributed by atoms with Crippen LogP contribution in [-0.2, 0) is 6.42 Å². The van der Waals surface area contributed by atoms with Gasteiger partial charge in [-0.25, -0.2) is 8.78 Å². The van der Waals surface area contributed by atoms with Crippen LogP contribution in [0.1, 0.15) is 22.6 Å². The summed E-state index contributed by atoms with van der Waals surface area (Å²) in [6.07, 6.45) is 0.786. The molecule has 25 heavy (non-hydrogen) atoms. The highest BCUT2D eigenvalue weighted by atomic mass is 19.1. The molecule has 2 aromatic rings. The zero-order valence-corrected chi connectivity index (χ0v) is 13.5. The van der Waals surface area contributed by atoms with E-state index in [1.54, 1.807) is 0 Å². The van der Waals surface area contributed by atoms with Crippen LogP contribution in [0, 0.1) is 23.0 Å². The number of nitrogens with two attached hydrogens (primary N) is 1. The molecule has 0 aromatic heterocycles. The summed E-state index contributed by atoms with van der Waals surface area (Å²) in [5.74, 6) is -1.48. The first-order chi connectivity index (χ1) is 12.0. The van der Waals surface area contributed by atoms with E-state index in [0.29, 0.717) is 16.9 Å². The number of likely N-dealkylation sites (N-methyl/N-ethyl adjacent to an activating group) is 1. The van der Waals surface area contributed by atoms with Crippen molar-refractivity contribution in [2.75, 3.05) is 18.5 Å². The average molecular weight is 339 g/mol. The van der Waals surface area contributed by atoms with Crippen molar-refractivity contribution in [1.29, 1.82) is 5.26 Å². The fraction of sp³-hybridized carbons (Fsp3) is 0.211. The zero-order valence-electron chi connectivity index (χ0n) is 13.5. The van der Waals surface area contributed by atoms with Gasteiger partial charge in [-0.05, 0) is 30.2 Å². The van der Waals surface area contributed by atoms with E-state index < -0.39 is 17.6 Å². The topological polar surface area (TPSA) is 62.3 Å². The van der Waals surface area contributed by atoms with Crippen molar-refractivity contribution in [3.63, 3.8) is 0 Å². The summed E-state index contributed by atoms with van der Waals surface area (Å²) >= 11 is 0. The van der Waals surface area contributed by atoms with Gasteiger partial charge < -0.3 is 15.4 Å². The van der Waals surface area contributed by atoms with E-state index in [2.05, 4.69) is 4.90 Å². The van der Waals surface area contributed by atoms with Crippen LogP contribution >= 0.6 is 0 Å². The zero-order chi connectivity index (χ0) is 17.7. The third-order valence-corrected chi connectivity index (χ3v) is 4.79. The Kier molecular flexibility index (Phi) is 3.39. The van der Waals surface area contributed by atoms with Crippen molar-refractivity contribution in [2.45, 2.75) is 12.3 Å². The van der Waals surface area contributed by atoms with E-state index in [0.717, 1.165) is 30.3 Å². The van der Waals surface area contributed by atoms with Crippen LogP contribution in [0.15, 0.2) is 41.8 Å². The first-order valence-electron chi connectivity index (χ1n) is 7.90. The number of hydrogen-bond donors (Lipinski definition) is 1. The lowest BCUT2D eigenvalue weighted by Gasteiger charge is -2.28. The van der Waals surface area contributed by atoms with E-state index in [1.165, 1.54) is 12.1 Å². The largest absolute Gasteiger partial charge is 0.440 e. The third kappa shape index (κ3) is 2.31. The molecule has 4 nitrogen and oxygen atoms in total. The molecule has 1 unspecified atom stereocenters. The lowest BCUT2D eigenvalue weighted by Crippen LogP contribution is -2.22. The number of ether oxygens (including phenoxy) is 1. The molecule has 0 spiro atoms. The SMILES string of the molecule is CN1CCc2c1ccc1c2OC(N)=C(C#N)C1c1cc(F)cc(F)c1. The minimum atomic E-state index is -0.695. The number of nitriles is 1. The molecule has 2 aliphatic heterocycles. The van der Waals surface area contributed by atoms with Gasteiger partial charge in [0.1, 0.15) is 29.0 Å². The highest BCUT2D eigenvalue weighted by Crippen LogP contribution is 2.47. The standard InChI is InChI=1S/C19H15F2N3O/c1-24-5-4-13-16(24)3-2-14-17(10-6-11(20)8-12(21)7-10)15(9-22)19(23)25-18(13)14/h2-3,6-8,17H,4-5,23H2,1H3. The van der Waals surface area contributed by atoms with Crippen LogP contribution in [0.25, 0.3) is 0 Å². The van der Waals surface area contributed by atoms with Gasteiger partial charge in [-0.1, -0.05) is 6.07 Å². The normalized spacial score (nSPS) is 18.5. The van der Waals surface area contributed by atoms with Crippen molar-refractivity contribution in [2.24, 2.45) is 5.73 Å². The summed E-state index contributed by atoms with van der Waals surface area (Å²) in [4.78, 5) is 2.11. The molecule has 0 bridgehead atoms. The molecule has 0 saturated carbocycles. The molecule has 6 heteroatoms. The number of fused-ring (bicyclic) bond motifs is 3. The van der Waals surface area contributed by atoms with E-state index in [-0.39, 0.29) is 11.5 Å². The number of nitrogens with zero attached hydrogens (tertiary/aromatic N) is 2. The Balaban J connectivity index is 1.96. The summed E-state index contributed by atoms with van der Waals surface area (Å²) < 4.78 is 33.3. The fourth-order valence-electron chi connectivity index (χ4n) is 3.65. The molecule has 0 amide bonds. The second kappa shape index (κ2) is 5.49. The maximum Gasteiger partial charge on any atom is 0.205 e. The van der Waals surface area contributed by atoms with Gasteiger partial charge >= 0.3 is 0 Å². The molecular formula is C19H15F2N3O. The Bertz CT molecular complexity index is 942. The van der Waals surface area contributed by atoms with E-state index in [1.807, 2.05) is 25.2 Å². The number of anilines is 1. The van der Waals surface area contributed by atoms with Crippen LogP contribution in [0.5, 0.6) is 5.75 Å². The lowest BCUT2D eigenvalue weighted by atomic mass is 9.82. The lowest BCUT2D eigenvalue weighted by molar-refractivity contribution is 0.390. The smallest absolute Gasteiger partial charge is 0.205 e. The first kappa shape index (κ1) is 15.5. The molecule has 2 heterocycles. The van der Waals surface area contributed by atoms with Gasteiger partial charge in [-0.15, -0.1) is 0 Å². The van der Waals surface area contributed by atoms with E-state index in [4.69, 9.17) is 10.5 Å². The monoisotopic (exact) mass is 339 g/mol. The van der Waals surface area contributed by atoms with E-state index in [9.17, 15) is 14.0 Å². The summed E-state index contributed by atoms with van der Waals surface area (Å²) in [7, 11) is 1.99. The first-order valence-corrected chi connectivity index (χ1v) is 7.90. The Labute approximate surface area is 143 Å². The molecular weight excluding hydrogens is 324 g/mol. The molecule has 2 N–H and O–H groups in total. The number of hydrogen-bond acceptors (Lipinski definition) is 4. The molecule has 0 fully saturated rings. The second-order valence-electron chi connectivity index (χ2n) is 6.28. The van der Waals surface area contributed by atoms with Gasteiger partial charge in [0.05, 0.1) is 5.92 Å². The highest BCUT2D eigenvalue weighted by Gasteiger charge is 2.34. The molecule has 126 valence electrons. The van der Waals surface area contributed by atoms with Crippen LogP contribution in [0.4, 0.5) is 14.5 Å². The van der Waals surface area contributed by atoms with Crippen LogP contribution in [0.2, 0.25) is 0 Å². The maximum atomic E-state index is 13.7. The Morgan fingerprint density at radius 1 is 1.24 bits per heavy atom. The van der Waals surface area contributed by atoms with Gasteiger partial charge in [0.15, 0.2) is 0 Å². The van der Waals surface area contributed by atoms with Gasteiger partial charge in [-0.3, -0.25) is 0 Å². The predicted molar refractivity (Wildman–Crippen MR) is 89.1 cm³/mol. The Hall–Kier alpha value is -3.07. The van der Waals surface area contributed by atoms with Crippen molar-refractivity contribution in [1.82, 2.24) is 0 Å². The second-order valence-corrected chi connectivity index (χ2v) is 6.28. The van der Waals surface area contributed by atoms with Gasteiger partial charge in [0, 0.05) is 36.5 Å². The number of benzene rings is 2. The molecule has 2 aromatic carbocycles. The van der Waals surface area contributed by atoms with Crippen molar-refractivity contribution in [3.05, 3.63) is 70.1 Å². The Morgan fingerprint density at radius 3 is 2.64 bits per heavy atom. The molecule has 4 rings (SSSR count). The Morgan fingerprint density at radius 2 is 1.96 bits per heavy atom. The maximum absolute atomic E-state index is 13.7. The average Bonchev–Trinajstić information content (AvgIpc) is 2.94. The quantitative estimate of drug-likeness (QED) is 0.867. The molecule has 0 aliphatic carbocycles. The number of allylic oxidation sites excluding steroid dienone is 1. The van der Waals surface area contributed by atoms with Gasteiger partial charge in [0.2, 0.25) is 5.88 Å². The van der Waals surface area contributed by atoms with Crippen LogP contribution in [-0.4, -0.2) is 13.6 Å². The highest BCUT2D eigenvalue weighted by molar-refractivity contribution is 5.69. The minimum Gasteiger partial charge on any atom is -0.440 e. The summed E-state index contributed by atoms with van der Waals surface area (Å²) in [6.45, 7) is 0.850. The van der Waals surface area contributed by atoms with Crippen molar-refractivity contribution >= 4 is 5.69 Å². The van der Waals surface area contributed by atoms with Crippen LogP contribution in [0.3, 0.4) is 0 Å². The molecule has 1 atom stereocenters. The van der Waals surface area contributed by atoms with Crippen molar-refractivity contribution < 1.29 is 13.5 Å².